The molecule has 0 aromatic carbocycles. The summed E-state index contributed by atoms with van der Waals surface area (Å²) in [7, 11) is 0. The molecule has 0 saturated heterocycles. The summed E-state index contributed by atoms with van der Waals surface area (Å²) >= 11 is 0. The molecule has 0 bridgehead atoms. The van der Waals surface area contributed by atoms with Gasteiger partial charge in [0.25, 0.3) is 5.91 Å². The number of carbonyl (C=O) groups is 1. The zero-order chi connectivity index (χ0) is 14.4. The number of aliphatic hydroxyl groups is 1. The van der Waals surface area contributed by atoms with Crippen LogP contribution in [0.2, 0.25) is 0 Å². The van der Waals surface area contributed by atoms with Gasteiger partial charge in [0.15, 0.2) is 0 Å². The van der Waals surface area contributed by atoms with Gasteiger partial charge in [-0.3, -0.25) is 4.79 Å². The van der Waals surface area contributed by atoms with Crippen LogP contribution in [0.1, 0.15) is 48.6 Å². The van der Waals surface area contributed by atoms with Crippen molar-refractivity contribution in [2.75, 3.05) is 13.2 Å². The van der Waals surface area contributed by atoms with Crippen LogP contribution in [-0.4, -0.2) is 24.2 Å². The summed E-state index contributed by atoms with van der Waals surface area (Å²) in [5.74, 6) is 2.18. The second-order valence-corrected chi connectivity index (χ2v) is 5.54. The Morgan fingerprint density at radius 3 is 2.58 bits per heavy atom. The van der Waals surface area contributed by atoms with E-state index in [0.29, 0.717) is 29.7 Å². The third-order valence-corrected chi connectivity index (χ3v) is 3.18. The van der Waals surface area contributed by atoms with Crippen LogP contribution in [0.25, 0.3) is 0 Å². The summed E-state index contributed by atoms with van der Waals surface area (Å²) in [6, 6.07) is 1.76. The summed E-state index contributed by atoms with van der Waals surface area (Å²) in [5, 5.41) is 12.0. The van der Waals surface area contributed by atoms with Crippen molar-refractivity contribution in [2.24, 2.45) is 11.8 Å². The number of rotatable bonds is 7. The van der Waals surface area contributed by atoms with Gasteiger partial charge in [-0.25, -0.2) is 0 Å². The lowest BCUT2D eigenvalue weighted by Gasteiger charge is -2.18. The van der Waals surface area contributed by atoms with E-state index >= 15 is 0 Å². The van der Waals surface area contributed by atoms with Crippen LogP contribution in [0, 0.1) is 25.7 Å². The molecule has 1 amide bonds. The Balaban J connectivity index is 2.54. The molecule has 1 heterocycles. The van der Waals surface area contributed by atoms with E-state index in [4.69, 9.17) is 9.52 Å². The highest BCUT2D eigenvalue weighted by atomic mass is 16.3. The van der Waals surface area contributed by atoms with Crippen molar-refractivity contribution < 1.29 is 14.3 Å². The number of aryl methyl sites for hydroxylation is 2. The average Bonchev–Trinajstić information content (AvgIpc) is 2.64. The highest BCUT2D eigenvalue weighted by Crippen LogP contribution is 2.16. The van der Waals surface area contributed by atoms with Gasteiger partial charge < -0.3 is 14.8 Å². The molecule has 0 aliphatic heterocycles. The van der Waals surface area contributed by atoms with E-state index in [0.717, 1.165) is 18.6 Å². The van der Waals surface area contributed by atoms with Gasteiger partial charge in [0.2, 0.25) is 0 Å². The van der Waals surface area contributed by atoms with Crippen molar-refractivity contribution >= 4 is 5.91 Å². The van der Waals surface area contributed by atoms with Gasteiger partial charge in [-0.05, 0) is 44.6 Å². The van der Waals surface area contributed by atoms with Crippen molar-refractivity contribution in [3.63, 3.8) is 0 Å². The third-order valence-electron chi connectivity index (χ3n) is 3.18. The van der Waals surface area contributed by atoms with E-state index in [1.807, 2.05) is 6.92 Å². The van der Waals surface area contributed by atoms with E-state index in [9.17, 15) is 4.79 Å². The first-order valence-corrected chi connectivity index (χ1v) is 6.90. The van der Waals surface area contributed by atoms with Gasteiger partial charge in [0, 0.05) is 13.2 Å². The first-order chi connectivity index (χ1) is 8.93. The molecule has 4 heteroatoms. The second-order valence-electron chi connectivity index (χ2n) is 5.54. The summed E-state index contributed by atoms with van der Waals surface area (Å²) in [6.07, 6.45) is 1.73. The summed E-state index contributed by atoms with van der Waals surface area (Å²) in [5.41, 5.74) is 0.602. The fourth-order valence-electron chi connectivity index (χ4n) is 2.34. The number of hydrogen-bond donors (Lipinski definition) is 2. The molecule has 1 aromatic rings. The fraction of sp³-hybridized carbons (Fsp3) is 0.667. The molecule has 0 spiro atoms. The molecule has 0 aliphatic rings. The van der Waals surface area contributed by atoms with Crippen LogP contribution in [0.3, 0.4) is 0 Å². The SMILES string of the molecule is Cc1cc(C(=O)NCC(CCO)CC(C)C)c(C)o1. The van der Waals surface area contributed by atoms with E-state index in [1.54, 1.807) is 13.0 Å². The standard InChI is InChI=1S/C15H25NO3/c1-10(2)7-13(5-6-17)9-16-15(18)14-8-11(3)19-12(14)4/h8,10,13,17H,5-7,9H2,1-4H3,(H,16,18). The maximum atomic E-state index is 12.0. The molecule has 0 fully saturated rings. The summed E-state index contributed by atoms with van der Waals surface area (Å²) in [6.45, 7) is 8.68. The van der Waals surface area contributed by atoms with Crippen LogP contribution in [-0.2, 0) is 0 Å². The Hall–Kier alpha value is -1.29. The molecular weight excluding hydrogens is 242 g/mol. The first-order valence-electron chi connectivity index (χ1n) is 6.90. The molecule has 0 radical (unpaired) electrons. The minimum Gasteiger partial charge on any atom is -0.466 e. The van der Waals surface area contributed by atoms with Crippen LogP contribution < -0.4 is 5.32 Å². The first kappa shape index (κ1) is 15.8. The lowest BCUT2D eigenvalue weighted by Crippen LogP contribution is -2.30. The summed E-state index contributed by atoms with van der Waals surface area (Å²) < 4.78 is 5.35. The Bertz CT molecular complexity index is 410. The molecule has 1 atom stereocenters. The normalized spacial score (nSPS) is 12.7. The quantitative estimate of drug-likeness (QED) is 0.798. The number of nitrogens with one attached hydrogen (secondary N) is 1. The molecule has 0 aliphatic carbocycles. The smallest absolute Gasteiger partial charge is 0.254 e. The highest BCUT2D eigenvalue weighted by molar-refractivity contribution is 5.95. The molecule has 1 unspecified atom stereocenters. The van der Waals surface area contributed by atoms with Gasteiger partial charge in [-0.15, -0.1) is 0 Å². The Morgan fingerprint density at radius 1 is 1.42 bits per heavy atom. The van der Waals surface area contributed by atoms with Gasteiger partial charge in [-0.1, -0.05) is 13.8 Å². The van der Waals surface area contributed by atoms with Crippen LogP contribution in [0.4, 0.5) is 0 Å². The molecule has 0 saturated carbocycles. The Labute approximate surface area is 115 Å². The van der Waals surface area contributed by atoms with Crippen LogP contribution >= 0.6 is 0 Å². The van der Waals surface area contributed by atoms with E-state index in [1.165, 1.54) is 0 Å². The van der Waals surface area contributed by atoms with Gasteiger partial charge in [0.1, 0.15) is 11.5 Å². The van der Waals surface area contributed by atoms with Crippen molar-refractivity contribution in [1.82, 2.24) is 5.32 Å². The van der Waals surface area contributed by atoms with Gasteiger partial charge in [-0.2, -0.15) is 0 Å². The zero-order valence-electron chi connectivity index (χ0n) is 12.3. The van der Waals surface area contributed by atoms with Crippen molar-refractivity contribution in [2.45, 2.75) is 40.5 Å². The van der Waals surface area contributed by atoms with Crippen LogP contribution in [0.15, 0.2) is 10.5 Å². The molecule has 4 nitrogen and oxygen atoms in total. The third kappa shape index (κ3) is 5.07. The van der Waals surface area contributed by atoms with Gasteiger partial charge >= 0.3 is 0 Å². The Kier molecular flexibility index (Phi) is 6.09. The lowest BCUT2D eigenvalue weighted by molar-refractivity contribution is 0.0940. The predicted molar refractivity (Wildman–Crippen MR) is 75.2 cm³/mol. The fourth-order valence-corrected chi connectivity index (χ4v) is 2.34. The number of hydrogen-bond acceptors (Lipinski definition) is 3. The lowest BCUT2D eigenvalue weighted by atomic mass is 9.94. The number of amides is 1. The second kappa shape index (κ2) is 7.34. The van der Waals surface area contributed by atoms with E-state index in [2.05, 4.69) is 19.2 Å². The zero-order valence-corrected chi connectivity index (χ0v) is 12.3. The predicted octanol–water partition coefficient (Wildman–Crippen LogP) is 2.67. The molecule has 108 valence electrons. The topological polar surface area (TPSA) is 62.5 Å². The van der Waals surface area contributed by atoms with Crippen LogP contribution in [0.5, 0.6) is 0 Å². The van der Waals surface area contributed by atoms with E-state index in [-0.39, 0.29) is 12.5 Å². The maximum absolute atomic E-state index is 12.0. The molecule has 2 N–H and O–H groups in total. The molecular formula is C15H25NO3. The van der Waals surface area contributed by atoms with E-state index < -0.39 is 0 Å². The largest absolute Gasteiger partial charge is 0.466 e. The number of carbonyl (C=O) groups excluding carboxylic acids is 1. The number of aliphatic hydroxyl groups excluding tert-OH is 1. The highest BCUT2D eigenvalue weighted by Gasteiger charge is 2.16. The van der Waals surface area contributed by atoms with Crippen molar-refractivity contribution in [1.29, 1.82) is 0 Å². The maximum Gasteiger partial charge on any atom is 0.254 e. The molecule has 19 heavy (non-hydrogen) atoms. The number of furan rings is 1. The Morgan fingerprint density at radius 2 is 2.11 bits per heavy atom. The monoisotopic (exact) mass is 267 g/mol. The van der Waals surface area contributed by atoms with Gasteiger partial charge in [0.05, 0.1) is 5.56 Å². The summed E-state index contributed by atoms with van der Waals surface area (Å²) in [4.78, 5) is 12.0. The van der Waals surface area contributed by atoms with Crippen molar-refractivity contribution in [3.05, 3.63) is 23.2 Å². The average molecular weight is 267 g/mol. The van der Waals surface area contributed by atoms with Crippen molar-refractivity contribution in [3.8, 4) is 0 Å². The minimum absolute atomic E-state index is 0.0963. The minimum atomic E-state index is -0.0963. The molecule has 1 aromatic heterocycles. The molecule has 1 rings (SSSR count).